The smallest absolute Gasteiger partial charge is 0.251 e. The summed E-state index contributed by atoms with van der Waals surface area (Å²) in [6.45, 7) is 0.923. The van der Waals surface area contributed by atoms with E-state index in [2.05, 4.69) is 20.4 Å². The molecule has 0 radical (unpaired) electrons. The topological polar surface area (TPSA) is 149 Å². The van der Waals surface area contributed by atoms with E-state index in [0.717, 1.165) is 5.56 Å². The van der Waals surface area contributed by atoms with Gasteiger partial charge in [-0.3, -0.25) is 9.00 Å². The zero-order valence-electron chi connectivity index (χ0n) is 19.2. The summed E-state index contributed by atoms with van der Waals surface area (Å²) in [7, 11) is -3.51. The van der Waals surface area contributed by atoms with E-state index in [4.69, 9.17) is 0 Å². The number of sulfonamides is 1. The van der Waals surface area contributed by atoms with Crippen LogP contribution in [0.1, 0.15) is 40.5 Å². The second-order valence-electron chi connectivity index (χ2n) is 8.18. The third-order valence-electron chi connectivity index (χ3n) is 5.73. The molecule has 3 aromatic rings. The van der Waals surface area contributed by atoms with Crippen molar-refractivity contribution in [1.29, 1.82) is 0 Å². The van der Waals surface area contributed by atoms with Crippen molar-refractivity contribution in [3.63, 3.8) is 0 Å². The standard InChI is InChI=1S/C23H26N6O5S2/c30-23(19-6-8-20(9-7-19)26-35(31)32)24-16-21-17-29(27-25-21)22-10-13-28(14-11-22)36(33,34)15-12-18-4-2-1-3-5-18/h1-9,12,15,17,22,26H,10-11,13-14,16H2,(H,24,30)(H,31,32)/p-1/b15-12+. The fraction of sp³-hybridized carbons (Fsp3) is 0.261. The lowest BCUT2D eigenvalue weighted by Gasteiger charge is -2.30. The average Bonchev–Trinajstić information content (AvgIpc) is 3.36. The molecule has 1 amide bonds. The molecule has 1 saturated heterocycles. The zero-order chi connectivity index (χ0) is 25.5. The van der Waals surface area contributed by atoms with E-state index in [1.807, 2.05) is 30.3 Å². The molecule has 0 saturated carbocycles. The molecule has 1 unspecified atom stereocenters. The first-order valence-corrected chi connectivity index (χ1v) is 13.8. The van der Waals surface area contributed by atoms with Crippen molar-refractivity contribution in [2.45, 2.75) is 25.4 Å². The minimum atomic E-state index is -3.51. The first-order chi connectivity index (χ1) is 17.3. The monoisotopic (exact) mass is 529 g/mol. The Balaban J connectivity index is 1.27. The molecule has 1 aliphatic heterocycles. The Morgan fingerprint density at radius 3 is 2.47 bits per heavy atom. The summed E-state index contributed by atoms with van der Waals surface area (Å²) in [6.07, 6.45) is 4.55. The minimum Gasteiger partial charge on any atom is -0.755 e. The molecule has 36 heavy (non-hydrogen) atoms. The molecule has 11 nitrogen and oxygen atoms in total. The molecular formula is C23H25N6O5S2-. The van der Waals surface area contributed by atoms with Gasteiger partial charge in [-0.1, -0.05) is 35.5 Å². The molecule has 1 fully saturated rings. The Morgan fingerprint density at radius 2 is 1.81 bits per heavy atom. The van der Waals surface area contributed by atoms with E-state index < -0.39 is 21.3 Å². The summed E-state index contributed by atoms with van der Waals surface area (Å²) >= 11 is -2.43. The van der Waals surface area contributed by atoms with E-state index in [1.165, 1.54) is 34.0 Å². The lowest BCUT2D eigenvalue weighted by molar-refractivity contribution is 0.0950. The molecule has 2 aromatic carbocycles. The van der Waals surface area contributed by atoms with Crippen LogP contribution in [0.25, 0.3) is 6.08 Å². The first kappa shape index (κ1) is 25.7. The van der Waals surface area contributed by atoms with E-state index >= 15 is 0 Å². The number of nitrogens with zero attached hydrogens (tertiary/aromatic N) is 4. The number of benzene rings is 2. The SMILES string of the molecule is O=C(NCc1cn(C2CCN(S(=O)(=O)/C=C/c3ccccc3)CC2)nn1)c1ccc(NS(=O)[O-])cc1. The number of piperidine rings is 1. The molecule has 1 aliphatic rings. The fourth-order valence-electron chi connectivity index (χ4n) is 3.81. The normalized spacial score (nSPS) is 16.1. The van der Waals surface area contributed by atoms with Crippen molar-refractivity contribution in [1.82, 2.24) is 24.6 Å². The number of hydrogen-bond donors (Lipinski definition) is 2. The molecule has 0 spiro atoms. The lowest BCUT2D eigenvalue weighted by atomic mass is 10.1. The number of amides is 1. The van der Waals surface area contributed by atoms with Crippen LogP contribution in [0.15, 0.2) is 66.2 Å². The van der Waals surface area contributed by atoms with E-state index in [-0.39, 0.29) is 18.5 Å². The van der Waals surface area contributed by atoms with Gasteiger partial charge in [0, 0.05) is 41.0 Å². The van der Waals surface area contributed by atoms with Crippen molar-refractivity contribution >= 4 is 39.0 Å². The highest BCUT2D eigenvalue weighted by molar-refractivity contribution is 7.92. The third-order valence-corrected chi connectivity index (χ3v) is 7.69. The van der Waals surface area contributed by atoms with Gasteiger partial charge in [-0.05, 0) is 48.7 Å². The highest BCUT2D eigenvalue weighted by Crippen LogP contribution is 2.24. The van der Waals surface area contributed by atoms with Gasteiger partial charge >= 0.3 is 0 Å². The van der Waals surface area contributed by atoms with E-state index in [0.29, 0.717) is 42.9 Å². The van der Waals surface area contributed by atoms with Crippen LogP contribution in [0.5, 0.6) is 0 Å². The summed E-state index contributed by atoms with van der Waals surface area (Å²) in [5, 5.41) is 12.3. The molecule has 0 bridgehead atoms. The Labute approximate surface area is 211 Å². The zero-order valence-corrected chi connectivity index (χ0v) is 20.8. The maximum Gasteiger partial charge on any atom is 0.251 e. The summed E-state index contributed by atoms with van der Waals surface area (Å²) in [5.74, 6) is -0.332. The van der Waals surface area contributed by atoms with Gasteiger partial charge < -0.3 is 14.6 Å². The van der Waals surface area contributed by atoms with Crippen LogP contribution < -0.4 is 10.0 Å². The van der Waals surface area contributed by atoms with Gasteiger partial charge in [0.2, 0.25) is 10.0 Å². The van der Waals surface area contributed by atoms with Gasteiger partial charge in [0.05, 0.1) is 18.8 Å². The number of anilines is 1. The number of aromatic nitrogens is 3. The summed E-state index contributed by atoms with van der Waals surface area (Å²) in [5.41, 5.74) is 2.13. The predicted octanol–water partition coefficient (Wildman–Crippen LogP) is 2.05. The van der Waals surface area contributed by atoms with Crippen molar-refractivity contribution in [2.75, 3.05) is 17.8 Å². The van der Waals surface area contributed by atoms with Crippen molar-refractivity contribution < 1.29 is 22.0 Å². The second kappa shape index (κ2) is 11.6. The van der Waals surface area contributed by atoms with Crippen LogP contribution >= 0.6 is 0 Å². The lowest BCUT2D eigenvalue weighted by Crippen LogP contribution is -2.38. The maximum absolute atomic E-state index is 12.7. The van der Waals surface area contributed by atoms with Crippen LogP contribution in [0.4, 0.5) is 5.69 Å². The quantitative estimate of drug-likeness (QED) is 0.403. The largest absolute Gasteiger partial charge is 0.755 e. The average molecular weight is 530 g/mol. The van der Waals surface area contributed by atoms with Gasteiger partial charge in [-0.25, -0.2) is 13.1 Å². The summed E-state index contributed by atoms with van der Waals surface area (Å²) < 4.78 is 52.1. The van der Waals surface area contributed by atoms with E-state index in [9.17, 15) is 22.0 Å². The second-order valence-corrected chi connectivity index (χ2v) is 10.7. The molecule has 4 rings (SSSR count). The number of rotatable bonds is 9. The van der Waals surface area contributed by atoms with Gasteiger partial charge in [-0.2, -0.15) is 4.31 Å². The van der Waals surface area contributed by atoms with Gasteiger partial charge in [0.25, 0.3) is 5.91 Å². The summed E-state index contributed by atoms with van der Waals surface area (Å²) in [6, 6.07) is 15.3. The first-order valence-electron chi connectivity index (χ1n) is 11.2. The molecule has 1 atom stereocenters. The molecule has 1 aromatic heterocycles. The van der Waals surface area contributed by atoms with Crippen LogP contribution in [-0.2, 0) is 27.8 Å². The van der Waals surface area contributed by atoms with Gasteiger partial charge in [0.15, 0.2) is 0 Å². The molecule has 2 heterocycles. The van der Waals surface area contributed by atoms with Crippen LogP contribution in [0.3, 0.4) is 0 Å². The Hall–Kier alpha value is -3.39. The molecule has 190 valence electrons. The number of hydrogen-bond acceptors (Lipinski definition) is 7. The number of nitrogens with one attached hydrogen (secondary N) is 2. The molecular weight excluding hydrogens is 504 g/mol. The van der Waals surface area contributed by atoms with Crippen molar-refractivity contribution in [2.24, 2.45) is 0 Å². The Kier molecular flexibility index (Phi) is 8.25. The predicted molar refractivity (Wildman–Crippen MR) is 134 cm³/mol. The number of carbonyl (C=O) groups is 1. The van der Waals surface area contributed by atoms with Crippen molar-refractivity contribution in [3.8, 4) is 0 Å². The highest BCUT2D eigenvalue weighted by atomic mass is 32.2. The fourth-order valence-corrected chi connectivity index (χ4v) is 5.36. The maximum atomic E-state index is 12.7. The minimum absolute atomic E-state index is 0.0121. The van der Waals surface area contributed by atoms with Crippen molar-refractivity contribution in [3.05, 3.63) is 83.0 Å². The van der Waals surface area contributed by atoms with Crippen LogP contribution in [-0.4, -0.2) is 55.5 Å². The molecule has 13 heteroatoms. The summed E-state index contributed by atoms with van der Waals surface area (Å²) in [4.78, 5) is 12.4. The van der Waals surface area contributed by atoms with E-state index in [1.54, 1.807) is 17.0 Å². The van der Waals surface area contributed by atoms with Crippen LogP contribution in [0, 0.1) is 0 Å². The Bertz CT molecular complexity index is 1330. The molecule has 0 aliphatic carbocycles. The van der Waals surface area contributed by atoms with Gasteiger partial charge in [0.1, 0.15) is 5.69 Å². The number of carbonyl (C=O) groups excluding carboxylic acids is 1. The van der Waals surface area contributed by atoms with Crippen LogP contribution in [0.2, 0.25) is 0 Å². The van der Waals surface area contributed by atoms with Gasteiger partial charge in [-0.15, -0.1) is 5.10 Å². The molecule has 2 N–H and O–H groups in total. The third kappa shape index (κ3) is 6.85. The highest BCUT2D eigenvalue weighted by Gasteiger charge is 2.27. The Morgan fingerprint density at radius 1 is 1.11 bits per heavy atom.